The largest absolute Gasteiger partial charge is 0.456 e. The Labute approximate surface area is 150 Å². The number of benzene rings is 2. The summed E-state index contributed by atoms with van der Waals surface area (Å²) in [6.45, 7) is 2.06. The first-order valence-electron chi connectivity index (χ1n) is 8.01. The van der Waals surface area contributed by atoms with E-state index in [9.17, 15) is 0 Å². The molecule has 0 aliphatic heterocycles. The van der Waals surface area contributed by atoms with Crippen molar-refractivity contribution >= 4 is 28.4 Å². The topological polar surface area (TPSA) is 39.6 Å². The molecule has 0 fully saturated rings. The number of fused-ring (bicyclic) bond motifs is 1. The van der Waals surface area contributed by atoms with Gasteiger partial charge in [0.25, 0.3) is 0 Å². The zero-order chi connectivity index (χ0) is 17.2. The standard InChI is InChI=1S/C21H15ClN2O/c1-14-5-10-19-17(12-14)18(24-21-4-2-3-11-23-21)13-20(25-19)15-6-8-16(22)9-7-15/h2-13H,1H3/p+1. The van der Waals surface area contributed by atoms with E-state index < -0.39 is 0 Å². The first-order chi connectivity index (χ1) is 12.2. The van der Waals surface area contributed by atoms with Crippen molar-refractivity contribution in [1.29, 1.82) is 0 Å². The van der Waals surface area contributed by atoms with Crippen LogP contribution in [0.4, 0.5) is 5.82 Å². The van der Waals surface area contributed by atoms with Crippen molar-refractivity contribution in [3.05, 3.63) is 88.9 Å². The molecule has 0 aliphatic carbocycles. The number of H-pyrrole nitrogens is 1. The minimum Gasteiger partial charge on any atom is -0.456 e. The number of hydrogen-bond acceptors (Lipinski definition) is 2. The Balaban J connectivity index is 2.00. The Hall–Kier alpha value is -2.91. The van der Waals surface area contributed by atoms with E-state index in [-0.39, 0.29) is 0 Å². The van der Waals surface area contributed by atoms with Gasteiger partial charge in [0.05, 0.1) is 11.6 Å². The predicted molar refractivity (Wildman–Crippen MR) is 99.6 cm³/mol. The van der Waals surface area contributed by atoms with Crippen LogP contribution in [-0.2, 0) is 0 Å². The molecule has 4 aromatic rings. The summed E-state index contributed by atoms with van der Waals surface area (Å²) in [6.07, 6.45) is 1.86. The van der Waals surface area contributed by atoms with Gasteiger partial charge in [-0.05, 0) is 54.4 Å². The quantitative estimate of drug-likeness (QED) is 0.496. The van der Waals surface area contributed by atoms with Crippen LogP contribution in [0.5, 0.6) is 0 Å². The van der Waals surface area contributed by atoms with Gasteiger partial charge < -0.3 is 4.42 Å². The van der Waals surface area contributed by atoms with Gasteiger partial charge in [0, 0.05) is 22.7 Å². The van der Waals surface area contributed by atoms with Crippen LogP contribution in [-0.4, -0.2) is 0 Å². The summed E-state index contributed by atoms with van der Waals surface area (Å²) in [5.41, 5.74) is 2.92. The lowest BCUT2D eigenvalue weighted by molar-refractivity contribution is -0.362. The van der Waals surface area contributed by atoms with Gasteiger partial charge in [-0.3, -0.25) is 0 Å². The predicted octanol–water partition coefficient (Wildman–Crippen LogP) is 5.11. The van der Waals surface area contributed by atoms with Gasteiger partial charge in [-0.15, -0.1) is 0 Å². The van der Waals surface area contributed by atoms with Crippen LogP contribution in [0.25, 0.3) is 22.3 Å². The molecule has 0 saturated heterocycles. The molecule has 4 heteroatoms. The number of nitrogens with zero attached hydrogens (tertiary/aromatic N) is 1. The first kappa shape index (κ1) is 15.6. The number of aromatic nitrogens is 1. The number of rotatable bonds is 2. The lowest BCUT2D eigenvalue weighted by Gasteiger charge is -2.04. The van der Waals surface area contributed by atoms with Crippen LogP contribution in [0.1, 0.15) is 5.56 Å². The summed E-state index contributed by atoms with van der Waals surface area (Å²) in [4.78, 5) is 7.92. The van der Waals surface area contributed by atoms with Gasteiger partial charge in [-0.25, -0.2) is 4.98 Å². The fourth-order valence-corrected chi connectivity index (χ4v) is 2.84. The van der Waals surface area contributed by atoms with E-state index in [1.165, 1.54) is 0 Å². The number of pyridine rings is 1. The monoisotopic (exact) mass is 347 g/mol. The molecular weight excluding hydrogens is 332 g/mol. The number of aromatic amines is 1. The molecule has 1 N–H and O–H groups in total. The number of nitrogens with one attached hydrogen (secondary N) is 1. The molecule has 0 saturated carbocycles. The Morgan fingerprint density at radius 1 is 0.960 bits per heavy atom. The molecule has 0 radical (unpaired) electrons. The van der Waals surface area contributed by atoms with Crippen LogP contribution < -0.4 is 10.3 Å². The number of hydrogen-bond donors (Lipinski definition) is 0. The van der Waals surface area contributed by atoms with Crippen LogP contribution in [0.3, 0.4) is 0 Å². The molecule has 0 atom stereocenters. The normalized spacial score (nSPS) is 11.8. The minimum atomic E-state index is 0.698. The van der Waals surface area contributed by atoms with E-state index in [0.717, 1.165) is 39.0 Å². The van der Waals surface area contributed by atoms with Gasteiger partial charge in [-0.2, -0.15) is 0 Å². The molecule has 2 heterocycles. The van der Waals surface area contributed by atoms with Crippen molar-refractivity contribution in [1.82, 2.24) is 0 Å². The molecule has 2 aromatic heterocycles. The SMILES string of the molecule is Cc1ccc2oc(-c3ccc(Cl)cc3)cc(=Nc3cccc[nH+]3)c2c1. The maximum absolute atomic E-state index is 6.11. The van der Waals surface area contributed by atoms with Gasteiger partial charge >= 0.3 is 5.82 Å². The Kier molecular flexibility index (Phi) is 4.08. The summed E-state index contributed by atoms with van der Waals surface area (Å²) in [6, 6.07) is 21.5. The Bertz CT molecular complexity index is 1100. The maximum atomic E-state index is 6.11. The lowest BCUT2D eigenvalue weighted by atomic mass is 10.1. The van der Waals surface area contributed by atoms with Crippen LogP contribution >= 0.6 is 11.6 Å². The smallest absolute Gasteiger partial charge is 0.321 e. The van der Waals surface area contributed by atoms with E-state index >= 15 is 0 Å². The third-order valence-electron chi connectivity index (χ3n) is 3.96. The van der Waals surface area contributed by atoms with Crippen molar-refractivity contribution in [2.45, 2.75) is 6.92 Å². The Morgan fingerprint density at radius 3 is 2.56 bits per heavy atom. The summed E-state index contributed by atoms with van der Waals surface area (Å²) in [5.74, 6) is 1.54. The highest BCUT2D eigenvalue weighted by Gasteiger charge is 2.10. The van der Waals surface area contributed by atoms with Crippen LogP contribution in [0.15, 0.2) is 82.3 Å². The van der Waals surface area contributed by atoms with Crippen LogP contribution in [0.2, 0.25) is 5.02 Å². The zero-order valence-electron chi connectivity index (χ0n) is 13.7. The highest BCUT2D eigenvalue weighted by Crippen LogP contribution is 2.24. The first-order valence-corrected chi connectivity index (χ1v) is 8.39. The van der Waals surface area contributed by atoms with Crippen molar-refractivity contribution in [2.24, 2.45) is 4.99 Å². The molecule has 122 valence electrons. The van der Waals surface area contributed by atoms with Crippen molar-refractivity contribution < 1.29 is 9.40 Å². The van der Waals surface area contributed by atoms with Crippen LogP contribution in [0, 0.1) is 6.92 Å². The van der Waals surface area contributed by atoms with E-state index in [4.69, 9.17) is 21.0 Å². The molecule has 0 amide bonds. The molecular formula is C21H16ClN2O+. The molecule has 25 heavy (non-hydrogen) atoms. The van der Waals surface area contributed by atoms with E-state index in [0.29, 0.717) is 5.02 Å². The highest BCUT2D eigenvalue weighted by molar-refractivity contribution is 6.30. The number of aryl methyl sites for hydroxylation is 1. The Morgan fingerprint density at radius 2 is 1.80 bits per heavy atom. The lowest BCUT2D eigenvalue weighted by Crippen LogP contribution is -2.07. The zero-order valence-corrected chi connectivity index (χ0v) is 14.4. The van der Waals surface area contributed by atoms with Gasteiger partial charge in [0.2, 0.25) is 0 Å². The summed E-state index contributed by atoms with van der Waals surface area (Å²) >= 11 is 6.00. The molecule has 0 bridgehead atoms. The fraction of sp³-hybridized carbons (Fsp3) is 0.0476. The second-order valence-corrected chi connectivity index (χ2v) is 6.30. The average Bonchev–Trinajstić information content (AvgIpc) is 2.63. The number of halogens is 1. The third kappa shape index (κ3) is 3.32. The van der Waals surface area contributed by atoms with Gasteiger partial charge in [0.15, 0.2) is 5.36 Å². The molecule has 0 unspecified atom stereocenters. The van der Waals surface area contributed by atoms with E-state index in [1.54, 1.807) is 0 Å². The molecule has 4 rings (SSSR count). The molecule has 3 nitrogen and oxygen atoms in total. The van der Waals surface area contributed by atoms with Gasteiger partial charge in [0.1, 0.15) is 11.3 Å². The summed E-state index contributed by atoms with van der Waals surface area (Å²) in [7, 11) is 0. The summed E-state index contributed by atoms with van der Waals surface area (Å²) < 4.78 is 6.11. The fourth-order valence-electron chi connectivity index (χ4n) is 2.71. The third-order valence-corrected chi connectivity index (χ3v) is 4.21. The second-order valence-electron chi connectivity index (χ2n) is 5.86. The minimum absolute atomic E-state index is 0.698. The van der Waals surface area contributed by atoms with Crippen molar-refractivity contribution in [3.8, 4) is 11.3 Å². The molecule has 0 aliphatic rings. The maximum Gasteiger partial charge on any atom is 0.321 e. The van der Waals surface area contributed by atoms with E-state index in [1.807, 2.05) is 66.9 Å². The van der Waals surface area contributed by atoms with E-state index in [2.05, 4.69) is 18.0 Å². The second kappa shape index (κ2) is 6.54. The average molecular weight is 348 g/mol. The molecule has 0 spiro atoms. The highest BCUT2D eigenvalue weighted by atomic mass is 35.5. The van der Waals surface area contributed by atoms with Crippen molar-refractivity contribution in [2.75, 3.05) is 0 Å². The van der Waals surface area contributed by atoms with Gasteiger partial charge in [-0.1, -0.05) is 29.3 Å². The molecule has 2 aromatic carbocycles. The van der Waals surface area contributed by atoms with Crippen molar-refractivity contribution in [3.63, 3.8) is 0 Å². The summed E-state index contributed by atoms with van der Waals surface area (Å²) in [5, 5.41) is 2.54.